The summed E-state index contributed by atoms with van der Waals surface area (Å²) in [5.41, 5.74) is 2.28. The Morgan fingerprint density at radius 3 is 2.57 bits per heavy atom. The second-order valence-electron chi connectivity index (χ2n) is 7.03. The van der Waals surface area contributed by atoms with Gasteiger partial charge in [0.05, 0.1) is 10.6 Å². The molecule has 1 saturated heterocycles. The van der Waals surface area contributed by atoms with Crippen LogP contribution in [0.4, 0.5) is 11.4 Å². The zero-order valence-corrected chi connectivity index (χ0v) is 17.0. The molecule has 0 aliphatic carbocycles. The fraction of sp³-hybridized carbons (Fsp3) is 0.350. The van der Waals surface area contributed by atoms with Gasteiger partial charge < -0.3 is 5.32 Å². The van der Waals surface area contributed by atoms with Crippen LogP contribution in [0, 0.1) is 23.0 Å². The van der Waals surface area contributed by atoms with E-state index in [1.54, 1.807) is 12.1 Å². The van der Waals surface area contributed by atoms with E-state index < -0.39 is 4.92 Å². The van der Waals surface area contributed by atoms with Gasteiger partial charge in [0.15, 0.2) is 0 Å². The van der Waals surface area contributed by atoms with Crippen LogP contribution in [-0.2, 0) is 11.3 Å². The van der Waals surface area contributed by atoms with Gasteiger partial charge in [0, 0.05) is 34.6 Å². The number of nitro benzene ring substituents is 1. The molecule has 1 N–H and O–H groups in total. The van der Waals surface area contributed by atoms with Crippen LogP contribution < -0.4 is 5.32 Å². The van der Waals surface area contributed by atoms with Crippen molar-refractivity contribution in [3.05, 3.63) is 67.7 Å². The van der Waals surface area contributed by atoms with Crippen LogP contribution in [-0.4, -0.2) is 28.8 Å². The molecule has 0 unspecified atom stereocenters. The molecule has 2 aromatic rings. The molecular formula is C20H21Cl2N3O3. The summed E-state index contributed by atoms with van der Waals surface area (Å²) in [6, 6.07) is 9.97. The molecule has 8 heteroatoms. The molecule has 0 spiro atoms. The van der Waals surface area contributed by atoms with Gasteiger partial charge in [-0.1, -0.05) is 35.3 Å². The molecule has 148 valence electrons. The first kappa shape index (κ1) is 20.6. The van der Waals surface area contributed by atoms with E-state index in [9.17, 15) is 14.9 Å². The number of piperidine rings is 1. The fourth-order valence-corrected chi connectivity index (χ4v) is 3.81. The number of carbonyl (C=O) groups excluding carboxylic acids is 1. The summed E-state index contributed by atoms with van der Waals surface area (Å²) in [5, 5.41) is 15.1. The first-order valence-corrected chi connectivity index (χ1v) is 9.81. The van der Waals surface area contributed by atoms with Crippen molar-refractivity contribution in [2.24, 2.45) is 5.92 Å². The first-order valence-electron chi connectivity index (χ1n) is 9.05. The summed E-state index contributed by atoms with van der Waals surface area (Å²) in [7, 11) is 0. The zero-order valence-electron chi connectivity index (χ0n) is 15.5. The number of hydrogen-bond acceptors (Lipinski definition) is 4. The minimum absolute atomic E-state index is 0.0319. The highest BCUT2D eigenvalue weighted by Gasteiger charge is 2.26. The van der Waals surface area contributed by atoms with Crippen molar-refractivity contribution in [1.29, 1.82) is 0 Å². The number of amides is 1. The Morgan fingerprint density at radius 1 is 1.21 bits per heavy atom. The Morgan fingerprint density at radius 2 is 1.93 bits per heavy atom. The van der Waals surface area contributed by atoms with Crippen molar-refractivity contribution >= 4 is 40.5 Å². The maximum absolute atomic E-state index is 12.6. The summed E-state index contributed by atoms with van der Waals surface area (Å²) in [4.78, 5) is 25.4. The molecule has 1 amide bonds. The summed E-state index contributed by atoms with van der Waals surface area (Å²) < 4.78 is 0. The number of hydrogen-bond donors (Lipinski definition) is 1. The van der Waals surface area contributed by atoms with Crippen molar-refractivity contribution < 1.29 is 9.72 Å². The highest BCUT2D eigenvalue weighted by atomic mass is 35.5. The summed E-state index contributed by atoms with van der Waals surface area (Å²) >= 11 is 12.2. The van der Waals surface area contributed by atoms with Gasteiger partial charge in [-0.05, 0) is 56.1 Å². The van der Waals surface area contributed by atoms with Gasteiger partial charge in [-0.25, -0.2) is 0 Å². The highest BCUT2D eigenvalue weighted by molar-refractivity contribution is 6.35. The summed E-state index contributed by atoms with van der Waals surface area (Å²) in [6.07, 6.45) is 1.45. The molecule has 0 atom stereocenters. The maximum Gasteiger partial charge on any atom is 0.271 e. The second kappa shape index (κ2) is 8.90. The number of halogens is 2. The third-order valence-corrected chi connectivity index (χ3v) is 5.64. The van der Waals surface area contributed by atoms with Crippen molar-refractivity contribution in [3.8, 4) is 0 Å². The number of non-ortho nitro benzene ring substituents is 1. The number of aryl methyl sites for hydroxylation is 1. The van der Waals surface area contributed by atoms with Gasteiger partial charge >= 0.3 is 0 Å². The van der Waals surface area contributed by atoms with Gasteiger partial charge in [0.1, 0.15) is 0 Å². The van der Waals surface area contributed by atoms with E-state index in [0.29, 0.717) is 22.3 Å². The Bertz CT molecular complexity index is 896. The predicted molar refractivity (Wildman–Crippen MR) is 111 cm³/mol. The van der Waals surface area contributed by atoms with Gasteiger partial charge in [-0.15, -0.1) is 0 Å². The third-order valence-electron chi connectivity index (χ3n) is 5.06. The van der Waals surface area contributed by atoms with E-state index >= 15 is 0 Å². The lowest BCUT2D eigenvalue weighted by Crippen LogP contribution is -2.37. The van der Waals surface area contributed by atoms with Crippen LogP contribution in [0.3, 0.4) is 0 Å². The largest absolute Gasteiger partial charge is 0.325 e. The van der Waals surface area contributed by atoms with E-state index in [4.69, 9.17) is 23.2 Å². The lowest BCUT2D eigenvalue weighted by Gasteiger charge is -2.31. The monoisotopic (exact) mass is 421 g/mol. The number of nitro groups is 1. The van der Waals surface area contributed by atoms with Gasteiger partial charge in [0.25, 0.3) is 5.69 Å². The number of nitrogens with one attached hydrogen (secondary N) is 1. The molecule has 1 heterocycles. The SMILES string of the molecule is Cc1ccc([N+](=O)[O-])cc1NC(=O)C1CCN(Cc2ccc(Cl)cc2Cl)CC1. The lowest BCUT2D eigenvalue weighted by molar-refractivity contribution is -0.384. The Labute approximate surface area is 173 Å². The number of rotatable bonds is 5. The summed E-state index contributed by atoms with van der Waals surface area (Å²) in [5.74, 6) is -0.205. The van der Waals surface area contributed by atoms with Crippen molar-refractivity contribution in [1.82, 2.24) is 4.90 Å². The zero-order chi connectivity index (χ0) is 20.3. The van der Waals surface area contributed by atoms with Gasteiger partial charge in [-0.3, -0.25) is 19.8 Å². The quantitative estimate of drug-likeness (QED) is 0.540. The topological polar surface area (TPSA) is 75.5 Å². The highest BCUT2D eigenvalue weighted by Crippen LogP contribution is 2.27. The molecule has 2 aromatic carbocycles. The molecule has 28 heavy (non-hydrogen) atoms. The average Bonchev–Trinajstić information content (AvgIpc) is 2.66. The predicted octanol–water partition coefficient (Wildman–Crippen LogP) is 5.06. The third kappa shape index (κ3) is 5.01. The second-order valence-corrected chi connectivity index (χ2v) is 7.88. The molecular weight excluding hydrogens is 401 g/mol. The molecule has 0 aromatic heterocycles. The van der Waals surface area contributed by atoms with Crippen LogP contribution in [0.1, 0.15) is 24.0 Å². The van der Waals surface area contributed by atoms with E-state index in [0.717, 1.165) is 37.1 Å². The van der Waals surface area contributed by atoms with Crippen LogP contribution in [0.25, 0.3) is 0 Å². The molecule has 3 rings (SSSR count). The Kier molecular flexibility index (Phi) is 6.54. The Hall–Kier alpha value is -2.15. The number of carbonyl (C=O) groups is 1. The number of likely N-dealkylation sites (tertiary alicyclic amines) is 1. The lowest BCUT2D eigenvalue weighted by atomic mass is 9.95. The van der Waals surface area contributed by atoms with Crippen LogP contribution >= 0.6 is 23.2 Å². The molecule has 1 aliphatic heterocycles. The van der Waals surface area contributed by atoms with E-state index in [-0.39, 0.29) is 17.5 Å². The van der Waals surface area contributed by atoms with Crippen molar-refractivity contribution in [2.75, 3.05) is 18.4 Å². The fourth-order valence-electron chi connectivity index (χ4n) is 3.34. The van der Waals surface area contributed by atoms with E-state index in [1.807, 2.05) is 19.1 Å². The van der Waals surface area contributed by atoms with Crippen molar-refractivity contribution in [3.63, 3.8) is 0 Å². The van der Waals surface area contributed by atoms with Crippen LogP contribution in [0.2, 0.25) is 10.0 Å². The number of benzene rings is 2. The molecule has 1 fully saturated rings. The number of nitrogens with zero attached hydrogens (tertiary/aromatic N) is 2. The molecule has 0 radical (unpaired) electrons. The Balaban J connectivity index is 1.57. The average molecular weight is 422 g/mol. The van der Waals surface area contributed by atoms with Crippen LogP contribution in [0.5, 0.6) is 0 Å². The molecule has 1 aliphatic rings. The molecule has 6 nitrogen and oxygen atoms in total. The van der Waals surface area contributed by atoms with Gasteiger partial charge in [-0.2, -0.15) is 0 Å². The molecule has 0 bridgehead atoms. The van der Waals surface area contributed by atoms with E-state index in [1.165, 1.54) is 12.1 Å². The van der Waals surface area contributed by atoms with E-state index in [2.05, 4.69) is 10.2 Å². The minimum atomic E-state index is -0.463. The minimum Gasteiger partial charge on any atom is -0.325 e. The maximum atomic E-state index is 12.6. The number of anilines is 1. The molecule has 0 saturated carbocycles. The van der Waals surface area contributed by atoms with Crippen molar-refractivity contribution in [2.45, 2.75) is 26.3 Å². The normalized spacial score (nSPS) is 15.4. The van der Waals surface area contributed by atoms with Gasteiger partial charge in [0.2, 0.25) is 5.91 Å². The first-order chi connectivity index (χ1) is 13.3. The smallest absolute Gasteiger partial charge is 0.271 e. The van der Waals surface area contributed by atoms with Crippen LogP contribution in [0.15, 0.2) is 36.4 Å². The standard InChI is InChI=1S/C20H21Cl2N3O3/c1-13-2-5-17(25(27)28)11-19(13)23-20(26)14-6-8-24(9-7-14)12-15-3-4-16(21)10-18(15)22/h2-5,10-11,14H,6-9,12H2,1H3,(H,23,26). The summed E-state index contributed by atoms with van der Waals surface area (Å²) in [6.45, 7) is 4.10.